The van der Waals surface area contributed by atoms with E-state index in [9.17, 15) is 14.3 Å². The van der Waals surface area contributed by atoms with Gasteiger partial charge in [0.25, 0.3) is 5.91 Å². The average molecular weight is 754 g/mol. The van der Waals surface area contributed by atoms with E-state index >= 15 is 4.39 Å². The summed E-state index contributed by atoms with van der Waals surface area (Å²) in [5, 5.41) is 20.8. The molecule has 0 saturated carbocycles. The van der Waals surface area contributed by atoms with Crippen LogP contribution in [-0.4, -0.2) is 110 Å². The highest BCUT2D eigenvalue weighted by Crippen LogP contribution is 2.42. The van der Waals surface area contributed by atoms with Crippen LogP contribution in [0.1, 0.15) is 78.5 Å². The van der Waals surface area contributed by atoms with Crippen molar-refractivity contribution in [3.05, 3.63) is 64.4 Å². The van der Waals surface area contributed by atoms with Gasteiger partial charge in [-0.15, -0.1) is 0 Å². The van der Waals surface area contributed by atoms with Gasteiger partial charge in [0.2, 0.25) is 0 Å². The van der Waals surface area contributed by atoms with E-state index < -0.39 is 6.17 Å². The number of hydrogen-bond donors (Lipinski definition) is 2. The molecule has 290 valence electrons. The summed E-state index contributed by atoms with van der Waals surface area (Å²) in [4.78, 5) is 32.6. The minimum Gasteiger partial charge on any atom is -0.508 e. The summed E-state index contributed by atoms with van der Waals surface area (Å²) in [5.74, 6) is 0.675. The Morgan fingerprint density at radius 1 is 1.07 bits per heavy atom. The van der Waals surface area contributed by atoms with Crippen LogP contribution < -0.4 is 19.9 Å². The first-order valence-corrected chi connectivity index (χ1v) is 20.2. The normalized spacial score (nSPS) is 26.3. The first kappa shape index (κ1) is 34.9. The molecule has 4 atom stereocenters. The Morgan fingerprint density at radius 3 is 2.87 bits per heavy atom. The fraction of sp³-hybridized carbons (Fsp3) is 0.561. The van der Waals surface area contributed by atoms with E-state index in [1.807, 2.05) is 22.6 Å². The molecule has 2 bridgehead atoms. The molecule has 8 heterocycles. The third-order valence-corrected chi connectivity index (χ3v) is 13.2. The summed E-state index contributed by atoms with van der Waals surface area (Å²) in [6.45, 7) is 8.15. The minimum absolute atomic E-state index is 0.00261. The monoisotopic (exact) mass is 753 g/mol. The quantitative estimate of drug-likeness (QED) is 0.275. The van der Waals surface area contributed by atoms with Gasteiger partial charge in [-0.25, -0.2) is 8.78 Å². The lowest BCUT2D eigenvalue weighted by atomic mass is 9.95. The second-order valence-corrected chi connectivity index (χ2v) is 16.5. The summed E-state index contributed by atoms with van der Waals surface area (Å²) in [6.07, 6.45) is 5.41. The van der Waals surface area contributed by atoms with Crippen molar-refractivity contribution in [2.45, 2.75) is 102 Å². The van der Waals surface area contributed by atoms with Crippen LogP contribution in [0.15, 0.2) is 30.3 Å². The van der Waals surface area contributed by atoms with Gasteiger partial charge in [0.1, 0.15) is 30.2 Å². The van der Waals surface area contributed by atoms with Crippen LogP contribution >= 0.6 is 0 Å². The average Bonchev–Trinajstić information content (AvgIpc) is 3.92. The zero-order valence-corrected chi connectivity index (χ0v) is 31.4. The number of aromatic nitrogens is 4. The number of alkyl halides is 1. The highest BCUT2D eigenvalue weighted by atomic mass is 19.1. The number of benzene rings is 2. The molecule has 2 aromatic heterocycles. The zero-order chi connectivity index (χ0) is 37.4. The third-order valence-electron chi connectivity index (χ3n) is 13.2. The molecule has 2 aromatic carbocycles. The number of ether oxygens (including phenoxy) is 1. The molecule has 0 spiro atoms. The summed E-state index contributed by atoms with van der Waals surface area (Å²) in [6, 6.07) is 9.57. The van der Waals surface area contributed by atoms with E-state index in [4.69, 9.17) is 19.8 Å². The zero-order valence-electron chi connectivity index (χ0n) is 31.4. The maximum Gasteiger partial charge on any atom is 0.318 e. The predicted molar refractivity (Wildman–Crippen MR) is 204 cm³/mol. The van der Waals surface area contributed by atoms with Crippen LogP contribution in [0.3, 0.4) is 0 Å². The smallest absolute Gasteiger partial charge is 0.318 e. The number of rotatable bonds is 7. The number of fused-ring (bicyclic) bond motifs is 6. The predicted octanol–water partition coefficient (Wildman–Crippen LogP) is 4.74. The van der Waals surface area contributed by atoms with Gasteiger partial charge < -0.3 is 29.9 Å². The van der Waals surface area contributed by atoms with Crippen LogP contribution in [0.2, 0.25) is 0 Å². The number of carbonyl (C=O) groups is 1. The molecule has 14 heteroatoms. The number of carbonyl (C=O) groups excluding carboxylic acids is 1. The number of anilines is 2. The highest BCUT2D eigenvalue weighted by Gasteiger charge is 2.49. The number of nitrogens with one attached hydrogen (secondary N) is 1. The summed E-state index contributed by atoms with van der Waals surface area (Å²) < 4.78 is 38.4. The van der Waals surface area contributed by atoms with E-state index in [0.717, 1.165) is 97.5 Å². The molecule has 4 fully saturated rings. The number of amides is 1. The molecule has 55 heavy (non-hydrogen) atoms. The number of aromatic hydroxyl groups is 1. The van der Waals surface area contributed by atoms with Gasteiger partial charge in [-0.3, -0.25) is 14.4 Å². The lowest BCUT2D eigenvalue weighted by Gasteiger charge is -2.35. The number of phenolic OH excluding ortho intramolecular Hbond substituents is 1. The maximum absolute atomic E-state index is 15.2. The molecule has 2 unspecified atom stereocenters. The molecule has 1 amide bonds. The number of piperidine rings is 1. The number of nitrogens with zero attached hydrogens (tertiary/aromatic N) is 8. The van der Waals surface area contributed by atoms with Crippen molar-refractivity contribution in [2.75, 3.05) is 55.7 Å². The van der Waals surface area contributed by atoms with Crippen LogP contribution in [0.4, 0.5) is 20.3 Å². The Balaban J connectivity index is 0.991. The lowest BCUT2D eigenvalue weighted by molar-refractivity contribution is 0.0651. The molecule has 2 N–H and O–H groups in total. The number of phenols is 1. The van der Waals surface area contributed by atoms with Gasteiger partial charge >= 0.3 is 6.01 Å². The molecule has 12 nitrogen and oxygen atoms in total. The Kier molecular flexibility index (Phi) is 8.61. The standard InChI is InChI=1S/C41H49F2N9O3/c1-2-31-33(43)6-5-25-15-30(53)18-36(37(25)31)48-13-8-32-35(23-48)45-40(55-24-41-9-3-11-50(41)21-26(42)19-41)46-38(32)49-10-4-12-52-29(22-49)17-34(47-52)39(54)51-14-7-27-16-28(51)20-44-27/h5-6,15,17-18,26-28,44,53H,2-4,7-14,16,19-24H2,1H3/t26-,27?,28?,41+/m1/s1. The van der Waals surface area contributed by atoms with Crippen molar-refractivity contribution in [3.63, 3.8) is 0 Å². The highest BCUT2D eigenvalue weighted by molar-refractivity contribution is 5.98. The van der Waals surface area contributed by atoms with Crippen LogP contribution in [0.25, 0.3) is 10.8 Å². The van der Waals surface area contributed by atoms with Crippen molar-refractivity contribution in [2.24, 2.45) is 0 Å². The Bertz CT molecular complexity index is 2160. The van der Waals surface area contributed by atoms with Gasteiger partial charge in [0.05, 0.1) is 30.0 Å². The van der Waals surface area contributed by atoms with Gasteiger partial charge in [-0.1, -0.05) is 13.0 Å². The van der Waals surface area contributed by atoms with Gasteiger partial charge in [0.15, 0.2) is 5.69 Å². The largest absolute Gasteiger partial charge is 0.508 e. The fourth-order valence-corrected chi connectivity index (χ4v) is 10.5. The Hall–Kier alpha value is -4.56. The third kappa shape index (κ3) is 6.07. The van der Waals surface area contributed by atoms with E-state index in [0.29, 0.717) is 75.9 Å². The Labute approximate surface area is 319 Å². The first-order valence-electron chi connectivity index (χ1n) is 20.2. The van der Waals surface area contributed by atoms with E-state index in [-0.39, 0.29) is 35.1 Å². The first-order chi connectivity index (χ1) is 26.7. The molecular weight excluding hydrogens is 705 g/mol. The summed E-state index contributed by atoms with van der Waals surface area (Å²) in [5.41, 5.74) is 4.35. The molecule has 6 aliphatic heterocycles. The number of halogens is 2. The maximum atomic E-state index is 15.2. The minimum atomic E-state index is -0.868. The molecule has 4 aromatic rings. The molecule has 0 aliphatic carbocycles. The number of hydrogen-bond acceptors (Lipinski definition) is 10. The molecule has 4 saturated heterocycles. The molecule has 10 rings (SSSR count). The van der Waals surface area contributed by atoms with E-state index in [1.165, 1.54) is 6.07 Å². The molecule has 6 aliphatic rings. The summed E-state index contributed by atoms with van der Waals surface area (Å²) in [7, 11) is 0. The van der Waals surface area contributed by atoms with Gasteiger partial charge in [-0.2, -0.15) is 15.1 Å². The van der Waals surface area contributed by atoms with E-state index in [2.05, 4.69) is 20.0 Å². The molecule has 0 radical (unpaired) electrons. The van der Waals surface area contributed by atoms with Crippen LogP contribution in [0.5, 0.6) is 11.8 Å². The van der Waals surface area contributed by atoms with Crippen molar-refractivity contribution in [3.8, 4) is 11.8 Å². The molecular formula is C41H49F2N9O3. The second kappa shape index (κ2) is 13.6. The van der Waals surface area contributed by atoms with Gasteiger partial charge in [-0.05, 0) is 80.6 Å². The van der Waals surface area contributed by atoms with Gasteiger partial charge in [0, 0.05) is 80.5 Å². The number of likely N-dealkylation sites (tertiary alicyclic amines) is 1. The van der Waals surface area contributed by atoms with Crippen molar-refractivity contribution in [1.29, 1.82) is 0 Å². The SMILES string of the molecule is CCc1c(F)ccc2cc(O)cc(N3CCc4c(nc(OC[C@@]56CCCN5C[C@H](F)C6)nc4N4CCCn5nc(C(=O)N6CCC7CC6CN7)cc5C4)C3)c12. The second-order valence-electron chi connectivity index (χ2n) is 16.5. The fourth-order valence-electron chi connectivity index (χ4n) is 10.5. The lowest BCUT2D eigenvalue weighted by Crippen LogP contribution is -2.44. The Morgan fingerprint density at radius 2 is 1.98 bits per heavy atom. The number of aryl methyl sites for hydroxylation is 2. The van der Waals surface area contributed by atoms with Crippen LogP contribution in [0, 0.1) is 5.82 Å². The topological polar surface area (TPSA) is 115 Å². The van der Waals surface area contributed by atoms with Crippen molar-refractivity contribution >= 4 is 28.2 Å². The van der Waals surface area contributed by atoms with E-state index in [1.54, 1.807) is 18.2 Å². The van der Waals surface area contributed by atoms with Crippen molar-refractivity contribution < 1.29 is 23.4 Å². The van der Waals surface area contributed by atoms with Crippen molar-refractivity contribution in [1.82, 2.24) is 34.9 Å². The summed E-state index contributed by atoms with van der Waals surface area (Å²) >= 11 is 0. The van der Waals surface area contributed by atoms with Crippen LogP contribution in [-0.2, 0) is 32.5 Å².